The van der Waals surface area contributed by atoms with Gasteiger partial charge in [-0.25, -0.2) is 0 Å². The molecule has 0 aromatic carbocycles. The van der Waals surface area contributed by atoms with E-state index in [2.05, 4.69) is 4.74 Å². The third kappa shape index (κ3) is 0.625. The standard InChI is InChI=1S/C3H4Cl2O/c1-3(5)2(4)6-3/h2H,1H3/t2-,3-/m0/s1. The fraction of sp³-hybridized carbons (Fsp3) is 1.00. The number of rotatable bonds is 0. The first kappa shape index (κ1) is 4.69. The highest BCUT2D eigenvalue weighted by Gasteiger charge is 2.49. The lowest BCUT2D eigenvalue weighted by molar-refractivity contribution is 0.387. The highest BCUT2D eigenvalue weighted by Crippen LogP contribution is 2.42. The maximum Gasteiger partial charge on any atom is 0.181 e. The number of ether oxygens (including phenoxy) is 1. The molecule has 0 aromatic rings. The molecule has 1 aliphatic rings. The van der Waals surface area contributed by atoms with Crippen molar-refractivity contribution in [2.24, 2.45) is 0 Å². The van der Waals surface area contributed by atoms with Gasteiger partial charge in [0.05, 0.1) is 0 Å². The van der Waals surface area contributed by atoms with Crippen LogP contribution in [-0.2, 0) is 4.74 Å². The van der Waals surface area contributed by atoms with E-state index in [0.29, 0.717) is 0 Å². The molecular weight excluding hydrogens is 123 g/mol. The topological polar surface area (TPSA) is 12.5 Å². The number of hydrogen-bond donors (Lipinski definition) is 0. The fourth-order valence-corrected chi connectivity index (χ4v) is 0.488. The first-order valence-corrected chi connectivity index (χ1v) is 2.45. The van der Waals surface area contributed by atoms with Crippen molar-refractivity contribution in [3.63, 3.8) is 0 Å². The van der Waals surface area contributed by atoms with Gasteiger partial charge in [-0.2, -0.15) is 0 Å². The Hall–Kier alpha value is 0.540. The van der Waals surface area contributed by atoms with Crippen molar-refractivity contribution in [2.45, 2.75) is 17.5 Å². The molecule has 3 heteroatoms. The summed E-state index contributed by atoms with van der Waals surface area (Å²) in [6.07, 6.45) is 0. The van der Waals surface area contributed by atoms with E-state index in [0.717, 1.165) is 0 Å². The highest BCUT2D eigenvalue weighted by molar-refractivity contribution is 6.34. The Morgan fingerprint density at radius 1 is 1.83 bits per heavy atom. The van der Waals surface area contributed by atoms with Crippen LogP contribution in [0.2, 0.25) is 0 Å². The van der Waals surface area contributed by atoms with Crippen LogP contribution in [0.25, 0.3) is 0 Å². The molecule has 0 aliphatic carbocycles. The number of halogens is 2. The molecule has 0 aromatic heterocycles. The van der Waals surface area contributed by atoms with Crippen LogP contribution in [0, 0.1) is 0 Å². The summed E-state index contributed by atoms with van der Waals surface area (Å²) in [6.45, 7) is 1.73. The van der Waals surface area contributed by atoms with Gasteiger partial charge in [-0.1, -0.05) is 23.2 Å². The summed E-state index contributed by atoms with van der Waals surface area (Å²) < 4.78 is 4.64. The van der Waals surface area contributed by atoms with E-state index in [1.165, 1.54) is 0 Å². The van der Waals surface area contributed by atoms with E-state index in [-0.39, 0.29) is 5.56 Å². The third-order valence-electron chi connectivity index (χ3n) is 0.682. The molecule has 0 radical (unpaired) electrons. The van der Waals surface area contributed by atoms with E-state index >= 15 is 0 Å². The first-order valence-electron chi connectivity index (χ1n) is 1.64. The quantitative estimate of drug-likeness (QED) is 0.355. The predicted molar refractivity (Wildman–Crippen MR) is 25.0 cm³/mol. The average molecular weight is 127 g/mol. The maximum atomic E-state index is 5.44. The molecule has 1 nitrogen and oxygen atoms in total. The Bertz CT molecular complexity index is 71.2. The molecule has 0 spiro atoms. The Morgan fingerprint density at radius 2 is 2.00 bits per heavy atom. The summed E-state index contributed by atoms with van der Waals surface area (Å²) in [5.74, 6) is 0. The third-order valence-corrected chi connectivity index (χ3v) is 1.59. The summed E-state index contributed by atoms with van der Waals surface area (Å²) in [5, 5.41) is -0.554. The molecule has 0 saturated carbocycles. The summed E-state index contributed by atoms with van der Waals surface area (Å²) in [5.41, 5.74) is -0.265. The summed E-state index contributed by atoms with van der Waals surface area (Å²) >= 11 is 10.8. The van der Waals surface area contributed by atoms with E-state index in [9.17, 15) is 0 Å². The second kappa shape index (κ2) is 1.03. The molecule has 2 atom stereocenters. The number of epoxide rings is 1. The van der Waals surface area contributed by atoms with Crippen molar-refractivity contribution in [1.29, 1.82) is 0 Å². The van der Waals surface area contributed by atoms with Gasteiger partial charge in [-0.3, -0.25) is 0 Å². The second-order valence-corrected chi connectivity index (χ2v) is 2.57. The van der Waals surface area contributed by atoms with Crippen molar-refractivity contribution in [1.82, 2.24) is 0 Å². The lowest BCUT2D eigenvalue weighted by Crippen LogP contribution is -1.90. The van der Waals surface area contributed by atoms with Gasteiger partial charge in [0.2, 0.25) is 0 Å². The van der Waals surface area contributed by atoms with E-state index in [4.69, 9.17) is 23.2 Å². The Morgan fingerprint density at radius 3 is 2.00 bits per heavy atom. The van der Waals surface area contributed by atoms with E-state index in [1.54, 1.807) is 6.92 Å². The van der Waals surface area contributed by atoms with Gasteiger partial charge in [-0.15, -0.1) is 0 Å². The fourth-order valence-electron chi connectivity index (χ4n) is 0.168. The van der Waals surface area contributed by atoms with Crippen LogP contribution < -0.4 is 0 Å². The normalized spacial score (nSPS) is 55.5. The lowest BCUT2D eigenvalue weighted by atomic mass is 10.6. The molecule has 1 fully saturated rings. The Kier molecular flexibility index (Phi) is 0.804. The molecule has 1 saturated heterocycles. The zero-order valence-corrected chi connectivity index (χ0v) is 4.75. The zero-order valence-electron chi connectivity index (χ0n) is 3.24. The average Bonchev–Trinajstić information content (AvgIpc) is 1.73. The van der Waals surface area contributed by atoms with Crippen LogP contribution in [-0.4, -0.2) is 10.6 Å². The SMILES string of the molecule is C[C@]1(Cl)O[C@@H]1Cl. The van der Waals surface area contributed by atoms with Gasteiger partial charge in [0.15, 0.2) is 10.6 Å². The Balaban J connectivity index is 2.41. The molecule has 0 unspecified atom stereocenters. The first-order chi connectivity index (χ1) is 2.63. The van der Waals surface area contributed by atoms with Gasteiger partial charge < -0.3 is 4.74 Å². The van der Waals surface area contributed by atoms with Crippen LogP contribution in [0.15, 0.2) is 0 Å². The second-order valence-electron chi connectivity index (χ2n) is 1.42. The van der Waals surface area contributed by atoms with Crippen molar-refractivity contribution < 1.29 is 4.74 Å². The maximum absolute atomic E-state index is 5.44. The molecular formula is C3H4Cl2O. The minimum Gasteiger partial charge on any atom is -0.333 e. The minimum atomic E-state index is -0.554. The van der Waals surface area contributed by atoms with Gasteiger partial charge in [0.25, 0.3) is 0 Å². The monoisotopic (exact) mass is 126 g/mol. The van der Waals surface area contributed by atoms with Crippen LogP contribution in [0.3, 0.4) is 0 Å². The molecule has 0 amide bonds. The molecule has 1 rings (SSSR count). The molecule has 1 heterocycles. The lowest BCUT2D eigenvalue weighted by Gasteiger charge is -1.79. The Labute approximate surface area is 46.2 Å². The summed E-state index contributed by atoms with van der Waals surface area (Å²) in [4.78, 5) is 0. The molecule has 6 heavy (non-hydrogen) atoms. The van der Waals surface area contributed by atoms with Crippen LogP contribution in [0.5, 0.6) is 0 Å². The number of alkyl halides is 2. The smallest absolute Gasteiger partial charge is 0.181 e. The minimum absolute atomic E-state index is 0.265. The predicted octanol–water partition coefficient (Wildman–Crippen LogP) is 1.54. The number of hydrogen-bond acceptors (Lipinski definition) is 1. The van der Waals surface area contributed by atoms with Crippen molar-refractivity contribution in [3.05, 3.63) is 0 Å². The van der Waals surface area contributed by atoms with Gasteiger partial charge in [-0.05, 0) is 6.92 Å². The zero-order chi connectivity index (χ0) is 4.78. The van der Waals surface area contributed by atoms with Crippen molar-refractivity contribution in [3.8, 4) is 0 Å². The van der Waals surface area contributed by atoms with Gasteiger partial charge in [0.1, 0.15) is 0 Å². The largest absolute Gasteiger partial charge is 0.333 e. The summed E-state index contributed by atoms with van der Waals surface area (Å²) in [7, 11) is 0. The molecule has 0 N–H and O–H groups in total. The van der Waals surface area contributed by atoms with E-state index < -0.39 is 5.06 Å². The summed E-state index contributed by atoms with van der Waals surface area (Å²) in [6, 6.07) is 0. The van der Waals surface area contributed by atoms with E-state index in [1.807, 2.05) is 0 Å². The molecule has 1 aliphatic heterocycles. The van der Waals surface area contributed by atoms with Crippen LogP contribution >= 0.6 is 23.2 Å². The van der Waals surface area contributed by atoms with Gasteiger partial charge >= 0.3 is 0 Å². The van der Waals surface area contributed by atoms with Gasteiger partial charge in [0, 0.05) is 0 Å². The van der Waals surface area contributed by atoms with Crippen molar-refractivity contribution in [2.75, 3.05) is 0 Å². The van der Waals surface area contributed by atoms with Crippen LogP contribution in [0.4, 0.5) is 0 Å². The van der Waals surface area contributed by atoms with Crippen LogP contribution in [0.1, 0.15) is 6.92 Å². The molecule has 36 valence electrons. The highest BCUT2D eigenvalue weighted by atomic mass is 35.5. The molecule has 0 bridgehead atoms. The van der Waals surface area contributed by atoms with Crippen molar-refractivity contribution >= 4 is 23.2 Å².